The van der Waals surface area contributed by atoms with Crippen molar-refractivity contribution in [3.63, 3.8) is 0 Å². The third kappa shape index (κ3) is 6.23. The second kappa shape index (κ2) is 10.5. The van der Waals surface area contributed by atoms with E-state index in [4.69, 9.17) is 8.92 Å². The molecule has 8 nitrogen and oxygen atoms in total. The molecule has 2 aromatic carbocycles. The maximum Gasteiger partial charge on any atom is 0.337 e. The molecule has 1 saturated heterocycles. The lowest BCUT2D eigenvalue weighted by Crippen LogP contribution is -2.25. The van der Waals surface area contributed by atoms with Gasteiger partial charge in [-0.2, -0.15) is 8.42 Å². The van der Waals surface area contributed by atoms with E-state index in [2.05, 4.69) is 4.74 Å². The second-order valence-electron chi connectivity index (χ2n) is 7.59. The smallest absolute Gasteiger partial charge is 0.337 e. The molecule has 1 amide bonds. The van der Waals surface area contributed by atoms with Crippen molar-refractivity contribution in [2.45, 2.75) is 26.2 Å². The monoisotopic (exact) mass is 461 g/mol. The first kappa shape index (κ1) is 23.6. The van der Waals surface area contributed by atoms with Crippen molar-refractivity contribution in [3.05, 3.63) is 54.1 Å². The summed E-state index contributed by atoms with van der Waals surface area (Å²) in [6, 6.07) is 13.1. The number of methoxy groups -OCH3 is 1. The van der Waals surface area contributed by atoms with Crippen LogP contribution in [0.1, 0.15) is 36.5 Å². The molecule has 172 valence electrons. The van der Waals surface area contributed by atoms with Gasteiger partial charge in [-0.05, 0) is 55.0 Å². The Balaban J connectivity index is 1.54. The predicted octanol–water partition coefficient (Wildman–Crippen LogP) is 3.41. The average molecular weight is 462 g/mol. The van der Waals surface area contributed by atoms with E-state index in [0.717, 1.165) is 6.42 Å². The Kier molecular flexibility index (Phi) is 7.74. The highest BCUT2D eigenvalue weighted by molar-refractivity contribution is 7.87. The van der Waals surface area contributed by atoms with Gasteiger partial charge in [-0.15, -0.1) is 0 Å². The van der Waals surface area contributed by atoms with Crippen molar-refractivity contribution in [2.75, 3.05) is 30.9 Å². The summed E-state index contributed by atoms with van der Waals surface area (Å²) in [5, 5.41) is 0. The summed E-state index contributed by atoms with van der Waals surface area (Å²) in [6.07, 6.45) is 1.66. The minimum atomic E-state index is -3.61. The number of nitrogens with zero attached hydrogens (tertiary/aromatic N) is 1. The summed E-state index contributed by atoms with van der Waals surface area (Å²) >= 11 is 0. The van der Waals surface area contributed by atoms with Gasteiger partial charge in [0.25, 0.3) is 0 Å². The minimum Gasteiger partial charge on any atom is -0.493 e. The number of benzene rings is 2. The molecule has 0 spiro atoms. The van der Waals surface area contributed by atoms with Crippen LogP contribution in [0, 0.1) is 5.92 Å². The van der Waals surface area contributed by atoms with Crippen molar-refractivity contribution in [1.82, 2.24) is 0 Å². The standard InChI is InChI=1S/C23H27NO7S/c1-3-4-13-32(27,28)31-21-11-7-19(8-12-21)24-15-17(14-22(24)25)16-30-20-9-5-18(6-10-20)23(26)29-2/h5-12,17H,3-4,13-16H2,1-2H3. The number of amides is 1. The van der Waals surface area contributed by atoms with Crippen molar-refractivity contribution < 1.29 is 31.7 Å². The van der Waals surface area contributed by atoms with Crippen molar-refractivity contribution in [2.24, 2.45) is 5.92 Å². The van der Waals surface area contributed by atoms with Crippen LogP contribution in [0.25, 0.3) is 0 Å². The fraction of sp³-hybridized carbons (Fsp3) is 0.391. The Labute approximate surface area is 188 Å². The zero-order valence-corrected chi connectivity index (χ0v) is 19.0. The number of hydrogen-bond acceptors (Lipinski definition) is 7. The number of carbonyl (C=O) groups excluding carboxylic acids is 2. The predicted molar refractivity (Wildman–Crippen MR) is 120 cm³/mol. The lowest BCUT2D eigenvalue weighted by molar-refractivity contribution is -0.117. The van der Waals surface area contributed by atoms with Crippen LogP contribution in [0.4, 0.5) is 5.69 Å². The Morgan fingerprint density at radius 2 is 1.72 bits per heavy atom. The summed E-state index contributed by atoms with van der Waals surface area (Å²) in [4.78, 5) is 25.6. The summed E-state index contributed by atoms with van der Waals surface area (Å²) < 4.78 is 39.4. The van der Waals surface area contributed by atoms with Crippen molar-refractivity contribution in [3.8, 4) is 11.5 Å². The van der Waals surface area contributed by atoms with Crippen LogP contribution in [0.3, 0.4) is 0 Å². The fourth-order valence-electron chi connectivity index (χ4n) is 3.35. The van der Waals surface area contributed by atoms with E-state index in [1.807, 2.05) is 6.92 Å². The third-order valence-electron chi connectivity index (χ3n) is 5.09. The molecule has 9 heteroatoms. The molecule has 0 radical (unpaired) electrons. The molecule has 2 aromatic rings. The van der Waals surface area contributed by atoms with Gasteiger partial charge in [0.05, 0.1) is 25.0 Å². The number of esters is 1. The summed E-state index contributed by atoms with van der Waals surface area (Å²) in [7, 11) is -2.29. The van der Waals surface area contributed by atoms with Crippen LogP contribution in [-0.2, 0) is 19.6 Å². The molecule has 1 atom stereocenters. The quantitative estimate of drug-likeness (QED) is 0.395. The molecule has 0 saturated carbocycles. The van der Waals surface area contributed by atoms with E-state index in [1.165, 1.54) is 7.11 Å². The first-order chi connectivity index (χ1) is 15.3. The highest BCUT2D eigenvalue weighted by Crippen LogP contribution is 2.28. The van der Waals surface area contributed by atoms with E-state index in [9.17, 15) is 18.0 Å². The number of unbranched alkanes of at least 4 members (excludes halogenated alkanes) is 1. The molecule has 0 aromatic heterocycles. The number of anilines is 1. The van der Waals surface area contributed by atoms with Gasteiger partial charge < -0.3 is 18.6 Å². The number of carbonyl (C=O) groups is 2. The first-order valence-corrected chi connectivity index (χ1v) is 12.0. The SMILES string of the molecule is CCCCS(=O)(=O)Oc1ccc(N2CC(COc3ccc(C(=O)OC)cc3)CC2=O)cc1. The van der Waals surface area contributed by atoms with Gasteiger partial charge in [0, 0.05) is 24.6 Å². The largest absolute Gasteiger partial charge is 0.493 e. The van der Waals surface area contributed by atoms with Crippen molar-refractivity contribution >= 4 is 27.7 Å². The van der Waals surface area contributed by atoms with Crippen LogP contribution in [0.5, 0.6) is 11.5 Å². The molecule has 0 bridgehead atoms. The highest BCUT2D eigenvalue weighted by Gasteiger charge is 2.31. The first-order valence-electron chi connectivity index (χ1n) is 10.4. The fourth-order valence-corrected chi connectivity index (χ4v) is 4.48. The van der Waals surface area contributed by atoms with Gasteiger partial charge in [-0.1, -0.05) is 13.3 Å². The maximum atomic E-state index is 12.5. The second-order valence-corrected chi connectivity index (χ2v) is 9.28. The van der Waals surface area contributed by atoms with Gasteiger partial charge >= 0.3 is 16.1 Å². The molecule has 1 aliphatic heterocycles. The maximum absolute atomic E-state index is 12.5. The third-order valence-corrected chi connectivity index (χ3v) is 6.32. The van der Waals surface area contributed by atoms with Gasteiger partial charge in [0.1, 0.15) is 11.5 Å². The Bertz CT molecular complexity index is 1030. The van der Waals surface area contributed by atoms with E-state index < -0.39 is 16.1 Å². The zero-order chi connectivity index (χ0) is 23.1. The van der Waals surface area contributed by atoms with Gasteiger partial charge in [0.15, 0.2) is 0 Å². The summed E-state index contributed by atoms with van der Waals surface area (Å²) in [5.74, 6) is 0.379. The highest BCUT2D eigenvalue weighted by atomic mass is 32.2. The van der Waals surface area contributed by atoms with Crippen LogP contribution in [0.2, 0.25) is 0 Å². The summed E-state index contributed by atoms with van der Waals surface area (Å²) in [6.45, 7) is 2.77. The summed E-state index contributed by atoms with van der Waals surface area (Å²) in [5.41, 5.74) is 1.12. The number of hydrogen-bond donors (Lipinski definition) is 0. The van der Waals surface area contributed by atoms with Gasteiger partial charge in [0.2, 0.25) is 5.91 Å². The molecular weight excluding hydrogens is 434 g/mol. The molecule has 1 aliphatic rings. The van der Waals surface area contributed by atoms with Crippen LogP contribution >= 0.6 is 0 Å². The van der Waals surface area contributed by atoms with E-state index >= 15 is 0 Å². The molecule has 1 heterocycles. The van der Waals surface area contributed by atoms with E-state index in [1.54, 1.807) is 53.4 Å². The van der Waals surface area contributed by atoms with E-state index in [-0.39, 0.29) is 23.3 Å². The average Bonchev–Trinajstić information content (AvgIpc) is 3.17. The molecular formula is C23H27NO7S. The van der Waals surface area contributed by atoms with Crippen LogP contribution in [0.15, 0.2) is 48.5 Å². The lowest BCUT2D eigenvalue weighted by Gasteiger charge is -2.17. The molecule has 1 fully saturated rings. The minimum absolute atomic E-state index is 0.00753. The topological polar surface area (TPSA) is 99.2 Å². The van der Waals surface area contributed by atoms with Gasteiger partial charge in [-0.3, -0.25) is 4.79 Å². The zero-order valence-electron chi connectivity index (χ0n) is 18.2. The molecule has 1 unspecified atom stereocenters. The number of rotatable bonds is 10. The Morgan fingerprint density at radius 1 is 1.06 bits per heavy atom. The normalized spacial score (nSPS) is 16.1. The number of ether oxygens (including phenoxy) is 2. The van der Waals surface area contributed by atoms with Gasteiger partial charge in [-0.25, -0.2) is 4.79 Å². The Hall–Kier alpha value is -3.07. The molecule has 0 N–H and O–H groups in total. The molecule has 0 aliphatic carbocycles. The van der Waals surface area contributed by atoms with E-state index in [0.29, 0.717) is 43.0 Å². The lowest BCUT2D eigenvalue weighted by atomic mass is 10.1. The van der Waals surface area contributed by atoms with Crippen LogP contribution in [-0.4, -0.2) is 46.3 Å². The molecule has 3 rings (SSSR count). The van der Waals surface area contributed by atoms with Crippen molar-refractivity contribution in [1.29, 1.82) is 0 Å². The molecule has 32 heavy (non-hydrogen) atoms. The van der Waals surface area contributed by atoms with Crippen LogP contribution < -0.4 is 13.8 Å². The Morgan fingerprint density at radius 3 is 2.34 bits per heavy atom.